The lowest BCUT2D eigenvalue weighted by molar-refractivity contribution is -0.147. The third-order valence-corrected chi connectivity index (χ3v) is 5.15. The number of likely N-dealkylation sites (tertiary alicyclic amines) is 1. The summed E-state index contributed by atoms with van der Waals surface area (Å²) in [5.74, 6) is -1.56. The van der Waals surface area contributed by atoms with Gasteiger partial charge in [0, 0.05) is 26.6 Å². The van der Waals surface area contributed by atoms with Gasteiger partial charge < -0.3 is 14.9 Å². The minimum absolute atomic E-state index is 0.0170. The molecule has 1 N–H and O–H groups in total. The average molecular weight is 374 g/mol. The van der Waals surface area contributed by atoms with E-state index in [1.54, 1.807) is 11.9 Å². The number of aliphatic carboxylic acids is 1. The molecule has 2 rings (SSSR count). The standard InChI is InChI=1S/C21H30N2O4/c1-16-9-11-17(12-10-16)6-3-4-8-19(24)22(2)15-20(25)23-13-5-7-18(14-23)21(26)27/h9-12,18H,3-8,13-15H2,1-2H3,(H,26,27). The maximum atomic E-state index is 12.4. The summed E-state index contributed by atoms with van der Waals surface area (Å²) in [5, 5.41) is 9.12. The topological polar surface area (TPSA) is 77.9 Å². The highest BCUT2D eigenvalue weighted by atomic mass is 16.4. The number of piperidine rings is 1. The number of likely N-dealkylation sites (N-methyl/N-ethyl adjacent to an activating group) is 1. The molecule has 1 unspecified atom stereocenters. The van der Waals surface area contributed by atoms with E-state index in [0.717, 1.165) is 19.3 Å². The maximum Gasteiger partial charge on any atom is 0.308 e. The van der Waals surface area contributed by atoms with Gasteiger partial charge in [-0.1, -0.05) is 29.8 Å². The first-order valence-corrected chi connectivity index (χ1v) is 9.67. The lowest BCUT2D eigenvalue weighted by atomic mass is 9.98. The lowest BCUT2D eigenvalue weighted by Gasteiger charge is -2.32. The quantitative estimate of drug-likeness (QED) is 0.709. The Hall–Kier alpha value is -2.37. The van der Waals surface area contributed by atoms with Gasteiger partial charge in [0.1, 0.15) is 0 Å². The van der Waals surface area contributed by atoms with E-state index in [-0.39, 0.29) is 24.9 Å². The molecule has 6 heteroatoms. The van der Waals surface area contributed by atoms with Gasteiger partial charge in [-0.2, -0.15) is 0 Å². The average Bonchev–Trinajstić information content (AvgIpc) is 2.66. The maximum absolute atomic E-state index is 12.4. The van der Waals surface area contributed by atoms with E-state index in [2.05, 4.69) is 31.2 Å². The Kier molecular flexibility index (Phi) is 7.82. The molecular weight excluding hydrogens is 344 g/mol. The molecule has 0 saturated carbocycles. The van der Waals surface area contributed by atoms with Crippen molar-refractivity contribution >= 4 is 17.8 Å². The molecule has 0 radical (unpaired) electrons. The van der Waals surface area contributed by atoms with Crippen LogP contribution in [0.15, 0.2) is 24.3 Å². The first kappa shape index (κ1) is 20.9. The molecule has 0 aliphatic carbocycles. The molecular formula is C21H30N2O4. The van der Waals surface area contributed by atoms with Gasteiger partial charge in [-0.3, -0.25) is 14.4 Å². The van der Waals surface area contributed by atoms with Crippen LogP contribution >= 0.6 is 0 Å². The smallest absolute Gasteiger partial charge is 0.308 e. The number of nitrogens with zero attached hydrogens (tertiary/aromatic N) is 2. The zero-order chi connectivity index (χ0) is 19.8. The van der Waals surface area contributed by atoms with Crippen LogP contribution in [-0.4, -0.2) is 59.4 Å². The summed E-state index contributed by atoms with van der Waals surface area (Å²) < 4.78 is 0. The molecule has 1 atom stereocenters. The first-order valence-electron chi connectivity index (χ1n) is 9.67. The van der Waals surface area contributed by atoms with Crippen LogP contribution in [0.4, 0.5) is 0 Å². The monoisotopic (exact) mass is 374 g/mol. The molecule has 6 nitrogen and oxygen atoms in total. The second-order valence-electron chi connectivity index (χ2n) is 7.46. The van der Waals surface area contributed by atoms with Gasteiger partial charge in [-0.15, -0.1) is 0 Å². The molecule has 1 aliphatic rings. The highest BCUT2D eigenvalue weighted by Gasteiger charge is 2.28. The van der Waals surface area contributed by atoms with Crippen molar-refractivity contribution in [2.75, 3.05) is 26.7 Å². The number of amides is 2. The SMILES string of the molecule is Cc1ccc(CCCCC(=O)N(C)CC(=O)N2CCCC(C(=O)O)C2)cc1. The zero-order valence-electron chi connectivity index (χ0n) is 16.3. The molecule has 2 amide bonds. The highest BCUT2D eigenvalue weighted by molar-refractivity contribution is 5.85. The van der Waals surface area contributed by atoms with E-state index < -0.39 is 11.9 Å². The Bertz CT molecular complexity index is 657. The summed E-state index contributed by atoms with van der Waals surface area (Å²) >= 11 is 0. The van der Waals surface area contributed by atoms with Crippen LogP contribution < -0.4 is 0 Å². The number of aryl methyl sites for hydroxylation is 2. The molecule has 27 heavy (non-hydrogen) atoms. The second kappa shape index (κ2) is 10.1. The van der Waals surface area contributed by atoms with Gasteiger partial charge in [0.25, 0.3) is 0 Å². The molecule has 1 aliphatic heterocycles. The number of rotatable bonds is 8. The van der Waals surface area contributed by atoms with Crippen LogP contribution in [0.2, 0.25) is 0 Å². The summed E-state index contributed by atoms with van der Waals surface area (Å²) in [6.45, 7) is 2.89. The number of unbranched alkanes of at least 4 members (excludes halogenated alkanes) is 1. The molecule has 0 aromatic heterocycles. The Morgan fingerprint density at radius 1 is 1.19 bits per heavy atom. The van der Waals surface area contributed by atoms with Crippen LogP contribution in [0, 0.1) is 12.8 Å². The van der Waals surface area contributed by atoms with Crippen LogP contribution in [0.1, 0.15) is 43.2 Å². The number of hydrogen-bond acceptors (Lipinski definition) is 3. The summed E-state index contributed by atoms with van der Waals surface area (Å²) in [7, 11) is 1.64. The van der Waals surface area contributed by atoms with E-state index in [4.69, 9.17) is 5.11 Å². The van der Waals surface area contributed by atoms with Crippen molar-refractivity contribution in [2.45, 2.75) is 45.4 Å². The summed E-state index contributed by atoms with van der Waals surface area (Å²) in [4.78, 5) is 38.8. The molecule has 0 spiro atoms. The molecule has 148 valence electrons. The van der Waals surface area contributed by atoms with Gasteiger partial charge in [-0.25, -0.2) is 0 Å². The Balaban J connectivity index is 1.69. The van der Waals surface area contributed by atoms with Gasteiger partial charge in [-0.05, 0) is 44.6 Å². The molecule has 1 fully saturated rings. The predicted octanol–water partition coefficient (Wildman–Crippen LogP) is 2.49. The van der Waals surface area contributed by atoms with E-state index in [0.29, 0.717) is 25.8 Å². The number of carboxylic acid groups (broad SMARTS) is 1. The van der Waals surface area contributed by atoms with Crippen molar-refractivity contribution in [3.63, 3.8) is 0 Å². The molecule has 1 saturated heterocycles. The fourth-order valence-corrected chi connectivity index (χ4v) is 3.35. The van der Waals surface area contributed by atoms with E-state index in [1.807, 2.05) is 0 Å². The molecule has 0 bridgehead atoms. The van der Waals surface area contributed by atoms with Crippen molar-refractivity contribution in [3.8, 4) is 0 Å². The van der Waals surface area contributed by atoms with Gasteiger partial charge >= 0.3 is 5.97 Å². The van der Waals surface area contributed by atoms with Crippen molar-refractivity contribution in [1.29, 1.82) is 0 Å². The minimum Gasteiger partial charge on any atom is -0.481 e. The van der Waals surface area contributed by atoms with Gasteiger partial charge in [0.15, 0.2) is 0 Å². The van der Waals surface area contributed by atoms with Crippen LogP contribution in [-0.2, 0) is 20.8 Å². The first-order chi connectivity index (χ1) is 12.9. The third kappa shape index (κ3) is 6.70. The Labute approximate surface area is 161 Å². The molecule has 1 aromatic rings. The van der Waals surface area contributed by atoms with Crippen LogP contribution in [0.5, 0.6) is 0 Å². The van der Waals surface area contributed by atoms with Gasteiger partial charge in [0.05, 0.1) is 12.5 Å². The Morgan fingerprint density at radius 2 is 1.89 bits per heavy atom. The van der Waals surface area contributed by atoms with Crippen molar-refractivity contribution in [3.05, 3.63) is 35.4 Å². The number of carbonyl (C=O) groups is 3. The predicted molar refractivity (Wildman–Crippen MR) is 103 cm³/mol. The third-order valence-electron chi connectivity index (χ3n) is 5.15. The fourth-order valence-electron chi connectivity index (χ4n) is 3.35. The molecule has 1 heterocycles. The van der Waals surface area contributed by atoms with Gasteiger partial charge in [0.2, 0.25) is 11.8 Å². The van der Waals surface area contributed by atoms with Crippen LogP contribution in [0.3, 0.4) is 0 Å². The normalized spacial score (nSPS) is 16.8. The minimum atomic E-state index is -0.856. The highest BCUT2D eigenvalue weighted by Crippen LogP contribution is 2.17. The zero-order valence-corrected chi connectivity index (χ0v) is 16.3. The van der Waals surface area contributed by atoms with E-state index in [9.17, 15) is 14.4 Å². The largest absolute Gasteiger partial charge is 0.481 e. The van der Waals surface area contributed by atoms with Crippen molar-refractivity contribution in [1.82, 2.24) is 9.80 Å². The van der Waals surface area contributed by atoms with Crippen molar-refractivity contribution < 1.29 is 19.5 Å². The number of carbonyl (C=O) groups excluding carboxylic acids is 2. The van der Waals surface area contributed by atoms with Crippen LogP contribution in [0.25, 0.3) is 0 Å². The summed E-state index contributed by atoms with van der Waals surface area (Å²) in [6.07, 6.45) is 4.39. The summed E-state index contributed by atoms with van der Waals surface area (Å²) in [5.41, 5.74) is 2.51. The number of benzene rings is 1. The van der Waals surface area contributed by atoms with Crippen molar-refractivity contribution in [2.24, 2.45) is 5.92 Å². The number of hydrogen-bond donors (Lipinski definition) is 1. The second-order valence-corrected chi connectivity index (χ2v) is 7.46. The number of carboxylic acids is 1. The Morgan fingerprint density at radius 3 is 2.56 bits per heavy atom. The van der Waals surface area contributed by atoms with E-state index >= 15 is 0 Å². The summed E-state index contributed by atoms with van der Waals surface area (Å²) in [6, 6.07) is 8.42. The lowest BCUT2D eigenvalue weighted by Crippen LogP contribution is -2.46. The molecule has 1 aromatic carbocycles. The van der Waals surface area contributed by atoms with E-state index in [1.165, 1.54) is 16.0 Å². The fraction of sp³-hybridized carbons (Fsp3) is 0.571.